The average Bonchev–Trinajstić information content (AvgIpc) is 2.54. The van der Waals surface area contributed by atoms with Gasteiger partial charge in [-0.05, 0) is 24.3 Å². The van der Waals surface area contributed by atoms with Crippen molar-refractivity contribution in [2.45, 2.75) is 4.90 Å². The summed E-state index contributed by atoms with van der Waals surface area (Å²) in [6.07, 6.45) is 1.04. The van der Waals surface area contributed by atoms with Gasteiger partial charge in [-0.2, -0.15) is 21.9 Å². The van der Waals surface area contributed by atoms with Crippen molar-refractivity contribution in [1.29, 1.82) is 0 Å². The zero-order valence-electron chi connectivity index (χ0n) is 13.2. The van der Waals surface area contributed by atoms with Crippen LogP contribution in [0, 0.1) is 0 Å². The van der Waals surface area contributed by atoms with Gasteiger partial charge in [-0.1, -0.05) is 18.2 Å². The summed E-state index contributed by atoms with van der Waals surface area (Å²) in [6, 6.07) is 8.42. The van der Waals surface area contributed by atoms with E-state index in [-0.39, 0.29) is 11.3 Å². The van der Waals surface area contributed by atoms with E-state index in [4.69, 9.17) is 9.11 Å². The molecule has 2 aromatic carbocycles. The van der Waals surface area contributed by atoms with Crippen molar-refractivity contribution >= 4 is 38.4 Å². The fourth-order valence-corrected chi connectivity index (χ4v) is 2.98. The highest BCUT2D eigenvalue weighted by atomic mass is 32.3. The first-order chi connectivity index (χ1) is 12.5. The Kier molecular flexibility index (Phi) is 5.80. The Morgan fingerprint density at radius 1 is 1.07 bits per heavy atom. The topological polar surface area (TPSA) is 180 Å². The van der Waals surface area contributed by atoms with Gasteiger partial charge in [0.05, 0.1) is 17.5 Å². The van der Waals surface area contributed by atoms with E-state index in [9.17, 15) is 26.7 Å². The van der Waals surface area contributed by atoms with Crippen LogP contribution in [-0.4, -0.2) is 43.2 Å². The largest absolute Gasteiger partial charge is 0.478 e. The Labute approximate surface area is 153 Å². The van der Waals surface area contributed by atoms with Gasteiger partial charge in [0.15, 0.2) is 0 Å². The van der Waals surface area contributed by atoms with Gasteiger partial charge in [0.1, 0.15) is 10.6 Å². The standard InChI is InChI=1S/C14H12N2O9S2/c17-14(18)11-7-10(25-27(22,23)24)5-6-12(11)16-15-8-9-3-1-2-4-13(9)26(19,20)21/h1-8,16H,(H,17,18)(H,19,20,21)(H,22,23,24)/b15-8+. The minimum atomic E-state index is -4.83. The molecule has 0 aliphatic carbocycles. The van der Waals surface area contributed by atoms with Crippen LogP contribution in [0.2, 0.25) is 0 Å². The van der Waals surface area contributed by atoms with Crippen molar-refractivity contribution in [3.05, 3.63) is 53.6 Å². The maximum absolute atomic E-state index is 11.3. The van der Waals surface area contributed by atoms with Crippen molar-refractivity contribution in [2.24, 2.45) is 5.10 Å². The predicted octanol–water partition coefficient (Wildman–Crippen LogP) is 1.26. The van der Waals surface area contributed by atoms with E-state index in [0.717, 1.165) is 30.5 Å². The number of nitrogens with zero attached hydrogens (tertiary/aromatic N) is 1. The van der Waals surface area contributed by atoms with E-state index in [1.54, 1.807) is 0 Å². The highest BCUT2D eigenvalue weighted by Gasteiger charge is 2.15. The number of nitrogens with one attached hydrogen (secondary N) is 1. The van der Waals surface area contributed by atoms with Crippen molar-refractivity contribution in [3.63, 3.8) is 0 Å². The molecule has 0 heterocycles. The number of rotatable bonds is 7. The summed E-state index contributed by atoms with van der Waals surface area (Å²) in [5, 5.41) is 12.9. The molecule has 2 rings (SSSR count). The van der Waals surface area contributed by atoms with Crippen LogP contribution in [0.15, 0.2) is 52.5 Å². The molecule has 0 atom stereocenters. The Balaban J connectivity index is 2.31. The maximum atomic E-state index is 11.3. The Bertz CT molecular complexity index is 1110. The number of hydrazone groups is 1. The average molecular weight is 416 g/mol. The maximum Gasteiger partial charge on any atom is 0.446 e. The first kappa shape index (κ1) is 20.3. The van der Waals surface area contributed by atoms with Gasteiger partial charge >= 0.3 is 16.4 Å². The number of hydrogen-bond donors (Lipinski definition) is 4. The first-order valence-corrected chi connectivity index (χ1v) is 9.68. The number of carboxylic acid groups (broad SMARTS) is 1. The van der Waals surface area contributed by atoms with E-state index in [1.165, 1.54) is 18.2 Å². The van der Waals surface area contributed by atoms with Crippen LogP contribution >= 0.6 is 0 Å². The third-order valence-corrected chi connectivity index (χ3v) is 4.34. The summed E-state index contributed by atoms with van der Waals surface area (Å²) < 4.78 is 65.9. The molecule has 0 amide bonds. The van der Waals surface area contributed by atoms with E-state index in [0.29, 0.717) is 0 Å². The molecule has 0 bridgehead atoms. The van der Waals surface area contributed by atoms with E-state index in [2.05, 4.69) is 14.7 Å². The zero-order chi connectivity index (χ0) is 20.2. The lowest BCUT2D eigenvalue weighted by Gasteiger charge is -2.08. The predicted molar refractivity (Wildman–Crippen MR) is 93.1 cm³/mol. The molecular formula is C14H12N2O9S2. The van der Waals surface area contributed by atoms with Gasteiger partial charge < -0.3 is 9.29 Å². The summed E-state index contributed by atoms with van der Waals surface area (Å²) >= 11 is 0. The second-order valence-electron chi connectivity index (χ2n) is 4.91. The Morgan fingerprint density at radius 2 is 1.74 bits per heavy atom. The molecule has 4 N–H and O–H groups in total. The highest BCUT2D eigenvalue weighted by Crippen LogP contribution is 2.23. The van der Waals surface area contributed by atoms with Crippen LogP contribution in [0.4, 0.5) is 5.69 Å². The van der Waals surface area contributed by atoms with E-state index >= 15 is 0 Å². The summed E-state index contributed by atoms with van der Waals surface area (Å²) in [5.41, 5.74) is 1.88. The molecule has 2 aromatic rings. The fraction of sp³-hybridized carbons (Fsp3) is 0. The highest BCUT2D eigenvalue weighted by molar-refractivity contribution is 7.86. The SMILES string of the molecule is O=C(O)c1cc(OS(=O)(=O)O)ccc1N/N=C/c1ccccc1S(=O)(=O)O. The minimum absolute atomic E-state index is 0.0377. The number of aromatic carboxylic acids is 1. The molecule has 27 heavy (non-hydrogen) atoms. The van der Waals surface area contributed by atoms with Gasteiger partial charge in [-0.3, -0.25) is 14.5 Å². The van der Waals surface area contributed by atoms with Crippen LogP contribution < -0.4 is 9.61 Å². The number of benzene rings is 2. The minimum Gasteiger partial charge on any atom is -0.478 e. The summed E-state index contributed by atoms with van der Waals surface area (Å²) in [6.45, 7) is 0. The number of carbonyl (C=O) groups is 1. The Hall–Kier alpha value is -3.00. The zero-order valence-corrected chi connectivity index (χ0v) is 14.8. The smallest absolute Gasteiger partial charge is 0.446 e. The lowest BCUT2D eigenvalue weighted by molar-refractivity contribution is 0.0697. The molecule has 0 spiro atoms. The van der Waals surface area contributed by atoms with Gasteiger partial charge in [0, 0.05) is 5.56 Å². The van der Waals surface area contributed by atoms with Gasteiger partial charge in [-0.25, -0.2) is 4.79 Å². The quantitative estimate of drug-likeness (QED) is 0.291. The number of carboxylic acids is 1. The van der Waals surface area contributed by atoms with E-state index < -0.39 is 42.7 Å². The molecule has 0 fully saturated rings. The number of hydrogen-bond acceptors (Lipinski definition) is 8. The molecule has 11 nitrogen and oxygen atoms in total. The van der Waals surface area contributed by atoms with Crippen LogP contribution in [0.1, 0.15) is 15.9 Å². The molecule has 0 radical (unpaired) electrons. The summed E-state index contributed by atoms with van der Waals surface area (Å²) in [5.74, 6) is -1.90. The third kappa shape index (κ3) is 5.75. The lowest BCUT2D eigenvalue weighted by atomic mass is 10.2. The number of anilines is 1. The first-order valence-electron chi connectivity index (χ1n) is 6.87. The molecule has 0 aliphatic heterocycles. The molecule has 0 aromatic heterocycles. The molecule has 0 saturated carbocycles. The van der Waals surface area contributed by atoms with Crippen LogP contribution in [-0.2, 0) is 20.5 Å². The monoisotopic (exact) mass is 416 g/mol. The molecule has 0 unspecified atom stereocenters. The van der Waals surface area contributed by atoms with Crippen LogP contribution in [0.25, 0.3) is 0 Å². The van der Waals surface area contributed by atoms with Crippen molar-refractivity contribution in [2.75, 3.05) is 5.43 Å². The third-order valence-electron chi connectivity index (χ3n) is 3.01. The second-order valence-corrected chi connectivity index (χ2v) is 7.32. The molecule has 13 heteroatoms. The second kappa shape index (κ2) is 7.71. The fourth-order valence-electron chi connectivity index (χ4n) is 1.96. The normalized spacial score (nSPS) is 12.1. The molecule has 144 valence electrons. The van der Waals surface area contributed by atoms with E-state index in [1.807, 2.05) is 0 Å². The molecular weight excluding hydrogens is 404 g/mol. The van der Waals surface area contributed by atoms with Crippen LogP contribution in [0.5, 0.6) is 5.75 Å². The molecule has 0 saturated heterocycles. The van der Waals surface area contributed by atoms with Crippen molar-refractivity contribution in [1.82, 2.24) is 0 Å². The summed E-state index contributed by atoms with van der Waals surface area (Å²) in [4.78, 5) is 10.9. The van der Waals surface area contributed by atoms with Gasteiger partial charge in [-0.15, -0.1) is 0 Å². The van der Waals surface area contributed by atoms with Gasteiger partial charge in [0.2, 0.25) is 0 Å². The van der Waals surface area contributed by atoms with Crippen molar-refractivity contribution in [3.8, 4) is 5.75 Å². The lowest BCUT2D eigenvalue weighted by Crippen LogP contribution is -2.09. The van der Waals surface area contributed by atoms with Gasteiger partial charge in [0.25, 0.3) is 10.1 Å². The Morgan fingerprint density at radius 3 is 2.33 bits per heavy atom. The van der Waals surface area contributed by atoms with Crippen LogP contribution in [0.3, 0.4) is 0 Å². The molecule has 0 aliphatic rings. The summed E-state index contributed by atoms with van der Waals surface area (Å²) in [7, 11) is -9.31. The van der Waals surface area contributed by atoms with Crippen molar-refractivity contribution < 1.29 is 40.0 Å².